The van der Waals surface area contributed by atoms with E-state index in [-0.39, 0.29) is 6.04 Å². The molecule has 0 radical (unpaired) electrons. The van der Waals surface area contributed by atoms with Crippen molar-refractivity contribution in [2.24, 2.45) is 0 Å². The van der Waals surface area contributed by atoms with Crippen molar-refractivity contribution >= 4 is 0 Å². The average molecular weight is 211 g/mol. The number of rotatable bonds is 6. The Bertz CT molecular complexity index is 208. The first-order chi connectivity index (χ1) is 7.27. The molecule has 86 valence electrons. The van der Waals surface area contributed by atoms with E-state index in [1.54, 1.807) is 0 Å². The number of hydrogen-bond donors (Lipinski definition) is 1. The Morgan fingerprint density at radius 3 is 3.00 bits per heavy atom. The molecular weight excluding hydrogens is 190 g/mol. The van der Waals surface area contributed by atoms with E-state index in [1.165, 1.54) is 0 Å². The van der Waals surface area contributed by atoms with Gasteiger partial charge < -0.3 is 15.0 Å². The Morgan fingerprint density at radius 2 is 2.47 bits per heavy atom. The molecule has 1 aliphatic rings. The number of nitriles is 1. The molecule has 1 rings (SSSR count). The molecule has 4 heteroatoms. The van der Waals surface area contributed by atoms with Crippen LogP contribution in [-0.4, -0.2) is 50.3 Å². The first-order valence-electron chi connectivity index (χ1n) is 5.69. The maximum Gasteiger partial charge on any atom is 0.0965 e. The number of nitrogens with zero attached hydrogens (tertiary/aromatic N) is 2. The van der Waals surface area contributed by atoms with Gasteiger partial charge in [0.15, 0.2) is 0 Å². The van der Waals surface area contributed by atoms with E-state index >= 15 is 0 Å². The standard InChI is InChI=1S/C11H21N3O/c1-3-13-10(8-12)4-6-14(2)11-5-7-15-9-11/h10-11,13H,3-7,9H2,1-2H3. The largest absolute Gasteiger partial charge is 0.380 e. The molecule has 1 saturated heterocycles. The van der Waals surface area contributed by atoms with Gasteiger partial charge in [-0.1, -0.05) is 6.92 Å². The SMILES string of the molecule is CCNC(C#N)CCN(C)C1CCOC1. The first-order valence-corrected chi connectivity index (χ1v) is 5.69. The number of ether oxygens (including phenoxy) is 1. The molecular formula is C11H21N3O. The zero-order chi connectivity index (χ0) is 11.1. The van der Waals surface area contributed by atoms with E-state index in [1.807, 2.05) is 6.92 Å². The predicted octanol–water partition coefficient (Wildman–Crippen LogP) is 0.599. The van der Waals surface area contributed by atoms with Crippen LogP contribution >= 0.6 is 0 Å². The molecule has 1 N–H and O–H groups in total. The monoisotopic (exact) mass is 211 g/mol. The molecule has 0 aromatic rings. The molecule has 1 fully saturated rings. The first kappa shape index (κ1) is 12.4. The molecule has 0 bridgehead atoms. The molecule has 1 aliphatic heterocycles. The van der Waals surface area contributed by atoms with Gasteiger partial charge in [-0.2, -0.15) is 5.26 Å². The number of nitrogens with one attached hydrogen (secondary N) is 1. The van der Waals surface area contributed by atoms with Crippen molar-refractivity contribution in [2.45, 2.75) is 31.8 Å². The highest BCUT2D eigenvalue weighted by Gasteiger charge is 2.20. The third kappa shape index (κ3) is 4.17. The van der Waals surface area contributed by atoms with Gasteiger partial charge in [-0.15, -0.1) is 0 Å². The van der Waals surface area contributed by atoms with Crippen molar-refractivity contribution in [2.75, 3.05) is 33.4 Å². The maximum absolute atomic E-state index is 8.88. The molecule has 0 spiro atoms. The van der Waals surface area contributed by atoms with E-state index in [0.29, 0.717) is 6.04 Å². The lowest BCUT2D eigenvalue weighted by Crippen LogP contribution is -2.37. The van der Waals surface area contributed by atoms with Gasteiger partial charge in [0.25, 0.3) is 0 Å². The van der Waals surface area contributed by atoms with Gasteiger partial charge in [0.05, 0.1) is 18.7 Å². The van der Waals surface area contributed by atoms with E-state index in [4.69, 9.17) is 10.00 Å². The quantitative estimate of drug-likeness (QED) is 0.699. The van der Waals surface area contributed by atoms with Crippen LogP contribution in [0.4, 0.5) is 0 Å². The van der Waals surface area contributed by atoms with Crippen molar-refractivity contribution in [1.29, 1.82) is 5.26 Å². The third-order valence-corrected chi connectivity index (χ3v) is 2.91. The van der Waals surface area contributed by atoms with Gasteiger partial charge in [0.1, 0.15) is 0 Å². The van der Waals surface area contributed by atoms with Crippen molar-refractivity contribution in [3.05, 3.63) is 0 Å². The zero-order valence-electron chi connectivity index (χ0n) is 9.70. The van der Waals surface area contributed by atoms with Crippen molar-refractivity contribution < 1.29 is 4.74 Å². The highest BCUT2D eigenvalue weighted by molar-refractivity contribution is 4.90. The van der Waals surface area contributed by atoms with Crippen molar-refractivity contribution in [3.63, 3.8) is 0 Å². The molecule has 0 aliphatic carbocycles. The predicted molar refractivity (Wildman–Crippen MR) is 59.5 cm³/mol. The number of likely N-dealkylation sites (N-methyl/N-ethyl adjacent to an activating group) is 1. The maximum atomic E-state index is 8.88. The molecule has 0 amide bonds. The van der Waals surface area contributed by atoms with Crippen molar-refractivity contribution in [1.82, 2.24) is 10.2 Å². The lowest BCUT2D eigenvalue weighted by Gasteiger charge is -2.23. The minimum Gasteiger partial charge on any atom is -0.380 e. The lowest BCUT2D eigenvalue weighted by atomic mass is 10.2. The summed E-state index contributed by atoms with van der Waals surface area (Å²) < 4.78 is 5.34. The van der Waals surface area contributed by atoms with Gasteiger partial charge >= 0.3 is 0 Å². The average Bonchev–Trinajstić information content (AvgIpc) is 2.77. The van der Waals surface area contributed by atoms with Gasteiger partial charge in [0.2, 0.25) is 0 Å². The molecule has 0 saturated carbocycles. The van der Waals surface area contributed by atoms with E-state index in [9.17, 15) is 0 Å². The summed E-state index contributed by atoms with van der Waals surface area (Å²) in [7, 11) is 2.11. The topological polar surface area (TPSA) is 48.3 Å². The minimum absolute atomic E-state index is 0.0141. The number of hydrogen-bond acceptors (Lipinski definition) is 4. The summed E-state index contributed by atoms with van der Waals surface area (Å²) in [4.78, 5) is 2.30. The fourth-order valence-electron chi connectivity index (χ4n) is 1.84. The van der Waals surface area contributed by atoms with Crippen LogP contribution in [0.3, 0.4) is 0 Å². The summed E-state index contributed by atoms with van der Waals surface area (Å²) in [6.07, 6.45) is 2.01. The Hall–Kier alpha value is -0.630. The fraction of sp³-hybridized carbons (Fsp3) is 0.909. The summed E-state index contributed by atoms with van der Waals surface area (Å²) in [5, 5.41) is 12.0. The van der Waals surface area contributed by atoms with Crippen LogP contribution in [0.1, 0.15) is 19.8 Å². The van der Waals surface area contributed by atoms with Crippen LogP contribution in [0.5, 0.6) is 0 Å². The third-order valence-electron chi connectivity index (χ3n) is 2.91. The molecule has 2 unspecified atom stereocenters. The smallest absolute Gasteiger partial charge is 0.0965 e. The minimum atomic E-state index is -0.0141. The van der Waals surface area contributed by atoms with Crippen molar-refractivity contribution in [3.8, 4) is 6.07 Å². The summed E-state index contributed by atoms with van der Waals surface area (Å²) in [5.41, 5.74) is 0. The summed E-state index contributed by atoms with van der Waals surface area (Å²) in [6.45, 7) is 5.56. The zero-order valence-corrected chi connectivity index (χ0v) is 9.70. The molecule has 2 atom stereocenters. The van der Waals surface area contributed by atoms with Gasteiger partial charge in [0, 0.05) is 19.2 Å². The molecule has 0 aromatic carbocycles. The molecule has 1 heterocycles. The van der Waals surface area contributed by atoms with Crippen LogP contribution in [-0.2, 0) is 4.74 Å². The van der Waals surface area contributed by atoms with E-state index in [0.717, 1.165) is 39.1 Å². The van der Waals surface area contributed by atoms with Crippen LogP contribution in [0, 0.1) is 11.3 Å². The lowest BCUT2D eigenvalue weighted by molar-refractivity contribution is 0.157. The Balaban J connectivity index is 2.19. The van der Waals surface area contributed by atoms with E-state index < -0.39 is 0 Å². The summed E-state index contributed by atoms with van der Waals surface area (Å²) in [6, 6.07) is 2.81. The summed E-state index contributed by atoms with van der Waals surface area (Å²) in [5.74, 6) is 0. The highest BCUT2D eigenvalue weighted by atomic mass is 16.5. The van der Waals surface area contributed by atoms with Gasteiger partial charge in [-0.05, 0) is 26.4 Å². The van der Waals surface area contributed by atoms with Gasteiger partial charge in [-0.3, -0.25) is 0 Å². The highest BCUT2D eigenvalue weighted by Crippen LogP contribution is 2.10. The van der Waals surface area contributed by atoms with Crippen LogP contribution < -0.4 is 5.32 Å². The second-order valence-corrected chi connectivity index (χ2v) is 4.03. The van der Waals surface area contributed by atoms with E-state index in [2.05, 4.69) is 23.3 Å². The Kier molecular flexibility index (Phi) is 5.62. The fourth-order valence-corrected chi connectivity index (χ4v) is 1.84. The van der Waals surface area contributed by atoms with Crippen LogP contribution in [0.15, 0.2) is 0 Å². The molecule has 0 aromatic heterocycles. The second kappa shape index (κ2) is 6.78. The normalized spacial score (nSPS) is 22.9. The van der Waals surface area contributed by atoms with Gasteiger partial charge in [-0.25, -0.2) is 0 Å². The molecule has 15 heavy (non-hydrogen) atoms. The summed E-state index contributed by atoms with van der Waals surface area (Å²) >= 11 is 0. The second-order valence-electron chi connectivity index (χ2n) is 4.03. The Morgan fingerprint density at radius 1 is 1.67 bits per heavy atom. The molecule has 4 nitrogen and oxygen atoms in total. The van der Waals surface area contributed by atoms with Crippen LogP contribution in [0.25, 0.3) is 0 Å². The van der Waals surface area contributed by atoms with Crippen LogP contribution in [0.2, 0.25) is 0 Å². The Labute approximate surface area is 92.2 Å².